The number of nitrogen functional groups attached to an aromatic ring is 1. The monoisotopic (exact) mass is 263 g/mol. The summed E-state index contributed by atoms with van der Waals surface area (Å²) in [5.41, 5.74) is 5.83. The topological polar surface area (TPSA) is 67.1 Å². The summed E-state index contributed by atoms with van der Waals surface area (Å²) < 4.78 is 0. The van der Waals surface area contributed by atoms with E-state index in [-0.39, 0.29) is 0 Å². The summed E-state index contributed by atoms with van der Waals surface area (Å²) in [6.07, 6.45) is 1.26. The number of anilines is 2. The molecule has 0 spiro atoms. The molecule has 5 heteroatoms. The van der Waals surface area contributed by atoms with Gasteiger partial charge in [0.1, 0.15) is 17.5 Å². The molecule has 19 heavy (non-hydrogen) atoms. The van der Waals surface area contributed by atoms with Gasteiger partial charge in [0.15, 0.2) is 0 Å². The fourth-order valence-corrected chi connectivity index (χ4v) is 2.45. The highest BCUT2D eigenvalue weighted by atomic mass is 15.1. The lowest BCUT2D eigenvalue weighted by Gasteiger charge is -2.15. The van der Waals surface area contributed by atoms with E-state index in [4.69, 9.17) is 5.73 Å². The van der Waals surface area contributed by atoms with Crippen LogP contribution < -0.4 is 11.1 Å². The average molecular weight is 263 g/mol. The maximum atomic E-state index is 5.83. The molecule has 0 bridgehead atoms. The quantitative estimate of drug-likeness (QED) is 0.849. The second-order valence-corrected chi connectivity index (χ2v) is 5.62. The number of rotatable bonds is 5. The highest BCUT2D eigenvalue weighted by Crippen LogP contribution is 2.18. The molecule has 0 aromatic carbocycles. The molecule has 1 aromatic heterocycles. The van der Waals surface area contributed by atoms with Crippen molar-refractivity contribution in [3.05, 3.63) is 11.9 Å². The summed E-state index contributed by atoms with van der Waals surface area (Å²) in [5, 5.41) is 3.41. The van der Waals surface area contributed by atoms with Crippen molar-refractivity contribution < 1.29 is 0 Å². The molecule has 5 nitrogen and oxygen atoms in total. The van der Waals surface area contributed by atoms with E-state index in [9.17, 15) is 0 Å². The van der Waals surface area contributed by atoms with Crippen LogP contribution in [0.5, 0.6) is 0 Å². The molecular weight excluding hydrogens is 238 g/mol. The van der Waals surface area contributed by atoms with Crippen LogP contribution >= 0.6 is 0 Å². The molecule has 1 aromatic rings. The van der Waals surface area contributed by atoms with Crippen LogP contribution in [0, 0.1) is 5.92 Å². The third-order valence-electron chi connectivity index (χ3n) is 3.67. The summed E-state index contributed by atoms with van der Waals surface area (Å²) in [4.78, 5) is 11.3. The highest BCUT2D eigenvalue weighted by Gasteiger charge is 2.20. The predicted molar refractivity (Wildman–Crippen MR) is 79.2 cm³/mol. The summed E-state index contributed by atoms with van der Waals surface area (Å²) in [6, 6.07) is 1.82. The Morgan fingerprint density at radius 1 is 1.47 bits per heavy atom. The molecule has 1 saturated heterocycles. The average Bonchev–Trinajstić information content (AvgIpc) is 2.83. The Morgan fingerprint density at radius 2 is 2.26 bits per heavy atom. The number of hydrogen-bond donors (Lipinski definition) is 2. The molecular formula is C14H25N5. The van der Waals surface area contributed by atoms with Crippen molar-refractivity contribution in [1.29, 1.82) is 0 Å². The first kappa shape index (κ1) is 14.1. The third-order valence-corrected chi connectivity index (χ3v) is 3.67. The number of aromatic nitrogens is 2. The van der Waals surface area contributed by atoms with E-state index in [1.807, 2.05) is 6.07 Å². The molecule has 1 unspecified atom stereocenters. The van der Waals surface area contributed by atoms with Gasteiger partial charge in [-0.05, 0) is 25.4 Å². The van der Waals surface area contributed by atoms with Crippen molar-refractivity contribution in [2.75, 3.05) is 37.2 Å². The largest absolute Gasteiger partial charge is 0.384 e. The summed E-state index contributed by atoms with van der Waals surface area (Å²) >= 11 is 0. The Labute approximate surface area is 115 Å². The van der Waals surface area contributed by atoms with Gasteiger partial charge in [-0.2, -0.15) is 0 Å². The zero-order chi connectivity index (χ0) is 13.8. The second kappa shape index (κ2) is 6.19. The molecule has 0 amide bonds. The van der Waals surface area contributed by atoms with Gasteiger partial charge in [0.25, 0.3) is 0 Å². The Kier molecular flexibility index (Phi) is 4.58. The van der Waals surface area contributed by atoms with E-state index in [0.717, 1.165) is 24.7 Å². The SMILES string of the molecule is CCN1CCC(CNc2cc(N)nc(C(C)C)n2)C1. The van der Waals surface area contributed by atoms with E-state index in [0.29, 0.717) is 17.7 Å². The Balaban J connectivity index is 1.92. The van der Waals surface area contributed by atoms with Gasteiger partial charge in [0, 0.05) is 25.1 Å². The number of nitrogens with two attached hydrogens (primary N) is 1. The minimum absolute atomic E-state index is 0.297. The first-order valence-corrected chi connectivity index (χ1v) is 7.19. The van der Waals surface area contributed by atoms with E-state index >= 15 is 0 Å². The van der Waals surface area contributed by atoms with Crippen molar-refractivity contribution in [1.82, 2.24) is 14.9 Å². The fourth-order valence-electron chi connectivity index (χ4n) is 2.45. The lowest BCUT2D eigenvalue weighted by molar-refractivity contribution is 0.345. The smallest absolute Gasteiger partial charge is 0.135 e. The molecule has 106 valence electrons. The van der Waals surface area contributed by atoms with E-state index in [1.54, 1.807) is 0 Å². The van der Waals surface area contributed by atoms with Crippen molar-refractivity contribution in [2.24, 2.45) is 5.92 Å². The van der Waals surface area contributed by atoms with Gasteiger partial charge in [0.2, 0.25) is 0 Å². The van der Waals surface area contributed by atoms with Crippen molar-refractivity contribution in [3.8, 4) is 0 Å². The highest BCUT2D eigenvalue weighted by molar-refractivity contribution is 5.44. The zero-order valence-corrected chi connectivity index (χ0v) is 12.2. The first-order valence-electron chi connectivity index (χ1n) is 7.19. The Morgan fingerprint density at radius 3 is 2.89 bits per heavy atom. The maximum absolute atomic E-state index is 5.83. The molecule has 0 saturated carbocycles. The van der Waals surface area contributed by atoms with E-state index in [2.05, 4.69) is 41.0 Å². The van der Waals surface area contributed by atoms with Crippen molar-refractivity contribution >= 4 is 11.6 Å². The normalized spacial score (nSPS) is 20.1. The van der Waals surface area contributed by atoms with Crippen LogP contribution in [0.4, 0.5) is 11.6 Å². The second-order valence-electron chi connectivity index (χ2n) is 5.62. The zero-order valence-electron chi connectivity index (χ0n) is 12.2. The van der Waals surface area contributed by atoms with Crippen LogP contribution in [0.1, 0.15) is 38.9 Å². The lowest BCUT2D eigenvalue weighted by atomic mass is 10.1. The molecule has 1 atom stereocenters. The van der Waals surface area contributed by atoms with Crippen LogP contribution in [-0.4, -0.2) is 41.0 Å². The van der Waals surface area contributed by atoms with Crippen molar-refractivity contribution in [3.63, 3.8) is 0 Å². The number of likely N-dealkylation sites (tertiary alicyclic amines) is 1. The molecule has 1 fully saturated rings. The number of nitrogens with zero attached hydrogens (tertiary/aromatic N) is 3. The van der Waals surface area contributed by atoms with Gasteiger partial charge in [0.05, 0.1) is 0 Å². The molecule has 1 aliphatic rings. The molecule has 0 radical (unpaired) electrons. The minimum Gasteiger partial charge on any atom is -0.384 e. The third kappa shape index (κ3) is 3.80. The van der Waals surface area contributed by atoms with Crippen LogP contribution in [0.25, 0.3) is 0 Å². The molecule has 2 rings (SSSR count). The molecule has 2 heterocycles. The standard InChI is InChI=1S/C14H25N5/c1-4-19-6-5-11(9-19)8-16-13-7-12(15)17-14(18-13)10(2)3/h7,10-11H,4-6,8-9H2,1-3H3,(H3,15,16,17,18). The minimum atomic E-state index is 0.297. The van der Waals surface area contributed by atoms with Gasteiger partial charge >= 0.3 is 0 Å². The summed E-state index contributed by atoms with van der Waals surface area (Å²) in [7, 11) is 0. The maximum Gasteiger partial charge on any atom is 0.135 e. The van der Waals surface area contributed by atoms with Crippen LogP contribution in [0.2, 0.25) is 0 Å². The summed E-state index contributed by atoms with van der Waals surface area (Å²) in [5.74, 6) is 3.21. The van der Waals surface area contributed by atoms with Crippen LogP contribution in [0.3, 0.4) is 0 Å². The van der Waals surface area contributed by atoms with Gasteiger partial charge < -0.3 is 16.0 Å². The van der Waals surface area contributed by atoms with Crippen LogP contribution in [0.15, 0.2) is 6.07 Å². The van der Waals surface area contributed by atoms with Crippen LogP contribution in [-0.2, 0) is 0 Å². The number of nitrogens with one attached hydrogen (secondary N) is 1. The van der Waals surface area contributed by atoms with E-state index < -0.39 is 0 Å². The van der Waals surface area contributed by atoms with Gasteiger partial charge in [-0.1, -0.05) is 20.8 Å². The van der Waals surface area contributed by atoms with Gasteiger partial charge in [-0.15, -0.1) is 0 Å². The molecule has 1 aliphatic heterocycles. The molecule has 3 N–H and O–H groups in total. The van der Waals surface area contributed by atoms with Gasteiger partial charge in [-0.3, -0.25) is 0 Å². The van der Waals surface area contributed by atoms with E-state index in [1.165, 1.54) is 19.5 Å². The van der Waals surface area contributed by atoms with Crippen molar-refractivity contribution in [2.45, 2.75) is 33.1 Å². The lowest BCUT2D eigenvalue weighted by Crippen LogP contribution is -2.22. The number of hydrogen-bond acceptors (Lipinski definition) is 5. The Hall–Kier alpha value is -1.36. The fraction of sp³-hybridized carbons (Fsp3) is 0.714. The molecule has 0 aliphatic carbocycles. The Bertz CT molecular complexity index is 418. The van der Waals surface area contributed by atoms with Gasteiger partial charge in [-0.25, -0.2) is 9.97 Å². The summed E-state index contributed by atoms with van der Waals surface area (Å²) in [6.45, 7) is 10.9. The predicted octanol–water partition coefficient (Wildman–Crippen LogP) is 1.94. The first-order chi connectivity index (χ1) is 9.08.